The lowest BCUT2D eigenvalue weighted by Gasteiger charge is -2.16. The normalized spacial score (nSPS) is 18.8. The van der Waals surface area contributed by atoms with Crippen LogP contribution in [0.2, 0.25) is 0 Å². The highest BCUT2D eigenvalue weighted by molar-refractivity contribution is 7.98. The second kappa shape index (κ2) is 5.19. The van der Waals surface area contributed by atoms with Gasteiger partial charge in [0.1, 0.15) is 11.6 Å². The van der Waals surface area contributed by atoms with Crippen molar-refractivity contribution in [3.05, 3.63) is 24.4 Å². The standard InChI is InChI=1S/C12H12N4OS/c1-3-8-4-10(17)16(7-8)11-9(5-13)6-14-12(15-11)18-2/h3,6,8H,1,4,7H2,2H3. The second-order valence-corrected chi connectivity index (χ2v) is 4.68. The van der Waals surface area contributed by atoms with Gasteiger partial charge in [-0.2, -0.15) is 5.26 Å². The zero-order valence-corrected chi connectivity index (χ0v) is 10.8. The minimum absolute atomic E-state index is 0.0258. The van der Waals surface area contributed by atoms with Gasteiger partial charge >= 0.3 is 0 Å². The van der Waals surface area contributed by atoms with Crippen molar-refractivity contribution in [1.82, 2.24) is 9.97 Å². The van der Waals surface area contributed by atoms with Crippen LogP contribution in [0.3, 0.4) is 0 Å². The Hall–Kier alpha value is -1.87. The van der Waals surface area contributed by atoms with Gasteiger partial charge in [-0.1, -0.05) is 17.8 Å². The summed E-state index contributed by atoms with van der Waals surface area (Å²) in [7, 11) is 0. The van der Waals surface area contributed by atoms with Crippen molar-refractivity contribution in [2.45, 2.75) is 11.6 Å². The highest BCUT2D eigenvalue weighted by atomic mass is 32.2. The molecule has 92 valence electrons. The van der Waals surface area contributed by atoms with Gasteiger partial charge in [0.05, 0.1) is 6.20 Å². The predicted molar refractivity (Wildman–Crippen MR) is 69.2 cm³/mol. The quantitative estimate of drug-likeness (QED) is 0.469. The average Bonchev–Trinajstić information content (AvgIpc) is 2.79. The Balaban J connectivity index is 2.41. The number of amides is 1. The maximum atomic E-state index is 11.9. The number of anilines is 1. The van der Waals surface area contributed by atoms with E-state index in [1.807, 2.05) is 12.3 Å². The summed E-state index contributed by atoms with van der Waals surface area (Å²) >= 11 is 1.38. The number of carbonyl (C=O) groups excluding carboxylic acids is 1. The molecule has 1 atom stereocenters. The van der Waals surface area contributed by atoms with Gasteiger partial charge in [-0.05, 0) is 6.26 Å². The molecule has 0 aliphatic carbocycles. The second-order valence-electron chi connectivity index (χ2n) is 3.91. The first-order chi connectivity index (χ1) is 8.69. The molecule has 1 aromatic heterocycles. The topological polar surface area (TPSA) is 69.9 Å². The van der Waals surface area contributed by atoms with Crippen LogP contribution in [0.25, 0.3) is 0 Å². The summed E-state index contributed by atoms with van der Waals surface area (Å²) in [6.45, 7) is 4.23. The van der Waals surface area contributed by atoms with Gasteiger partial charge < -0.3 is 0 Å². The molecule has 0 saturated carbocycles. The molecule has 1 aliphatic rings. The summed E-state index contributed by atoms with van der Waals surface area (Å²) in [6.07, 6.45) is 5.50. The molecule has 5 nitrogen and oxygen atoms in total. The Morgan fingerprint density at radius 3 is 3.06 bits per heavy atom. The maximum absolute atomic E-state index is 11.9. The van der Waals surface area contributed by atoms with Crippen molar-refractivity contribution in [2.75, 3.05) is 17.7 Å². The summed E-state index contributed by atoms with van der Waals surface area (Å²) in [4.78, 5) is 21.8. The van der Waals surface area contributed by atoms with E-state index >= 15 is 0 Å². The molecule has 2 rings (SSSR count). The van der Waals surface area contributed by atoms with Gasteiger partial charge in [-0.3, -0.25) is 9.69 Å². The Kier molecular flexibility index (Phi) is 3.63. The molecule has 0 aromatic carbocycles. The van der Waals surface area contributed by atoms with E-state index in [2.05, 4.69) is 16.5 Å². The Morgan fingerprint density at radius 1 is 1.72 bits per heavy atom. The smallest absolute Gasteiger partial charge is 0.228 e. The minimum atomic E-state index is -0.0258. The largest absolute Gasteiger partial charge is 0.295 e. The van der Waals surface area contributed by atoms with Crippen molar-refractivity contribution in [2.24, 2.45) is 5.92 Å². The summed E-state index contributed by atoms with van der Waals surface area (Å²) in [6, 6.07) is 2.02. The fourth-order valence-electron chi connectivity index (χ4n) is 1.84. The molecule has 1 amide bonds. The Bertz CT molecular complexity index is 537. The molecule has 0 spiro atoms. The molecular weight excluding hydrogens is 248 g/mol. The molecule has 1 unspecified atom stereocenters. The zero-order valence-electron chi connectivity index (χ0n) is 9.96. The summed E-state index contributed by atoms with van der Waals surface area (Å²) < 4.78 is 0. The van der Waals surface area contributed by atoms with Crippen molar-refractivity contribution in [3.63, 3.8) is 0 Å². The Morgan fingerprint density at radius 2 is 2.50 bits per heavy atom. The lowest BCUT2D eigenvalue weighted by molar-refractivity contribution is -0.117. The van der Waals surface area contributed by atoms with Gasteiger partial charge in [0.25, 0.3) is 0 Å². The van der Waals surface area contributed by atoms with Crippen LogP contribution in [-0.2, 0) is 4.79 Å². The first-order valence-corrected chi connectivity index (χ1v) is 6.66. The summed E-state index contributed by atoms with van der Waals surface area (Å²) in [5.41, 5.74) is 0.325. The fourth-order valence-corrected chi connectivity index (χ4v) is 2.17. The van der Waals surface area contributed by atoms with E-state index in [4.69, 9.17) is 5.26 Å². The van der Waals surface area contributed by atoms with Crippen molar-refractivity contribution in [1.29, 1.82) is 5.26 Å². The third-order valence-corrected chi connectivity index (χ3v) is 3.36. The molecule has 0 bridgehead atoms. The van der Waals surface area contributed by atoms with Crippen LogP contribution in [0.1, 0.15) is 12.0 Å². The van der Waals surface area contributed by atoms with Crippen molar-refractivity contribution in [3.8, 4) is 6.07 Å². The molecule has 1 aliphatic heterocycles. The zero-order chi connectivity index (χ0) is 13.1. The molecule has 2 heterocycles. The van der Waals surface area contributed by atoms with Crippen LogP contribution in [-0.4, -0.2) is 28.7 Å². The highest BCUT2D eigenvalue weighted by Crippen LogP contribution is 2.27. The highest BCUT2D eigenvalue weighted by Gasteiger charge is 2.31. The molecule has 1 fully saturated rings. The van der Waals surface area contributed by atoms with Crippen LogP contribution >= 0.6 is 11.8 Å². The number of thioether (sulfide) groups is 1. The lowest BCUT2D eigenvalue weighted by atomic mass is 10.1. The van der Waals surface area contributed by atoms with Crippen molar-refractivity contribution >= 4 is 23.5 Å². The number of hydrogen-bond donors (Lipinski definition) is 0. The van der Waals surface area contributed by atoms with Crippen LogP contribution in [0.5, 0.6) is 0 Å². The molecule has 0 radical (unpaired) electrons. The fraction of sp³-hybridized carbons (Fsp3) is 0.333. The number of carbonyl (C=O) groups is 1. The van der Waals surface area contributed by atoms with Gasteiger partial charge in [-0.25, -0.2) is 9.97 Å². The molecule has 1 aromatic rings. The predicted octanol–water partition coefficient (Wildman–Crippen LogP) is 1.61. The molecule has 1 saturated heterocycles. The average molecular weight is 260 g/mol. The molecular formula is C12H12N4OS. The van der Waals surface area contributed by atoms with E-state index in [9.17, 15) is 4.79 Å². The SMILES string of the molecule is C=CC1CC(=O)N(c2nc(SC)ncc2C#N)C1. The summed E-state index contributed by atoms with van der Waals surface area (Å²) in [5.74, 6) is 0.505. The number of hydrogen-bond acceptors (Lipinski definition) is 5. The van der Waals surface area contributed by atoms with Crippen LogP contribution in [0.15, 0.2) is 24.0 Å². The van der Waals surface area contributed by atoms with Crippen LogP contribution in [0, 0.1) is 17.2 Å². The van der Waals surface area contributed by atoms with E-state index in [1.54, 1.807) is 11.0 Å². The minimum Gasteiger partial charge on any atom is -0.295 e. The number of nitrogens with zero attached hydrogens (tertiary/aromatic N) is 4. The van der Waals surface area contributed by atoms with Crippen molar-refractivity contribution < 1.29 is 4.79 Å². The van der Waals surface area contributed by atoms with Gasteiger partial charge in [0.2, 0.25) is 5.91 Å². The molecule has 0 N–H and O–H groups in total. The molecule has 6 heteroatoms. The third-order valence-electron chi connectivity index (χ3n) is 2.79. The maximum Gasteiger partial charge on any atom is 0.228 e. The van der Waals surface area contributed by atoms with E-state index < -0.39 is 0 Å². The third kappa shape index (κ3) is 2.22. The van der Waals surface area contributed by atoms with Gasteiger partial charge in [0, 0.05) is 18.9 Å². The van der Waals surface area contributed by atoms with Gasteiger partial charge in [-0.15, -0.1) is 6.58 Å². The van der Waals surface area contributed by atoms with Crippen LogP contribution in [0.4, 0.5) is 5.82 Å². The molecule has 18 heavy (non-hydrogen) atoms. The van der Waals surface area contributed by atoms with Gasteiger partial charge in [0.15, 0.2) is 11.0 Å². The van der Waals surface area contributed by atoms with E-state index in [0.29, 0.717) is 29.5 Å². The monoisotopic (exact) mass is 260 g/mol. The number of aromatic nitrogens is 2. The van der Waals surface area contributed by atoms with E-state index in [-0.39, 0.29) is 11.8 Å². The van der Waals surface area contributed by atoms with Crippen LogP contribution < -0.4 is 4.90 Å². The lowest BCUT2D eigenvalue weighted by Crippen LogP contribution is -2.26. The first-order valence-electron chi connectivity index (χ1n) is 5.43. The summed E-state index contributed by atoms with van der Waals surface area (Å²) in [5, 5.41) is 9.61. The number of rotatable bonds is 3. The van der Waals surface area contributed by atoms with E-state index in [0.717, 1.165) is 0 Å². The Labute approximate surface area is 110 Å². The van der Waals surface area contributed by atoms with E-state index in [1.165, 1.54) is 18.0 Å². The number of nitriles is 1. The first kappa shape index (κ1) is 12.6.